The lowest BCUT2D eigenvalue weighted by atomic mass is 9.99. The Morgan fingerprint density at radius 2 is 1.78 bits per heavy atom. The zero-order valence-corrected chi connectivity index (χ0v) is 19.9. The number of hydrogen-bond acceptors (Lipinski definition) is 4. The van der Waals surface area contributed by atoms with Crippen LogP contribution in [0.2, 0.25) is 0 Å². The lowest BCUT2D eigenvalue weighted by Gasteiger charge is -2.34. The number of aliphatic imine (C=N–C) groups is 1. The number of halogens is 1. The van der Waals surface area contributed by atoms with Crippen molar-refractivity contribution in [3.05, 3.63) is 23.3 Å². The van der Waals surface area contributed by atoms with Gasteiger partial charge in [0.15, 0.2) is 17.5 Å². The summed E-state index contributed by atoms with van der Waals surface area (Å²) in [5.74, 6) is 2.55. The summed E-state index contributed by atoms with van der Waals surface area (Å²) in [5.41, 5.74) is 2.60. The van der Waals surface area contributed by atoms with Gasteiger partial charge < -0.3 is 19.7 Å². The normalized spacial score (nSPS) is 15.1. The number of fused-ring (bicyclic) bond motifs is 1. The average Bonchev–Trinajstić information content (AvgIpc) is 2.68. The smallest absolute Gasteiger partial charge is 0.194 e. The first kappa shape index (κ1) is 23.8. The zero-order valence-electron chi connectivity index (χ0n) is 17.5. The molecule has 1 aliphatic heterocycles. The van der Waals surface area contributed by atoms with Gasteiger partial charge in [-0.2, -0.15) is 0 Å². The van der Waals surface area contributed by atoms with Crippen LogP contribution in [0.1, 0.15) is 31.9 Å². The molecule has 1 aliphatic rings. The molecular formula is C20H35IN4O2. The van der Waals surface area contributed by atoms with Crippen LogP contribution in [0.5, 0.6) is 11.5 Å². The summed E-state index contributed by atoms with van der Waals surface area (Å²) in [5, 5.41) is 3.55. The van der Waals surface area contributed by atoms with E-state index in [9.17, 15) is 0 Å². The number of benzene rings is 1. The van der Waals surface area contributed by atoms with Crippen LogP contribution < -0.4 is 14.8 Å². The van der Waals surface area contributed by atoms with E-state index in [0.29, 0.717) is 6.04 Å². The summed E-state index contributed by atoms with van der Waals surface area (Å²) in [6, 6.07) is 4.67. The Bertz CT molecular complexity index is 620. The Hall–Kier alpha value is -1.22. The summed E-state index contributed by atoms with van der Waals surface area (Å²) in [6.45, 7) is 11.5. The van der Waals surface area contributed by atoms with Crippen molar-refractivity contribution >= 4 is 29.9 Å². The van der Waals surface area contributed by atoms with Crippen LogP contribution in [0.3, 0.4) is 0 Å². The van der Waals surface area contributed by atoms with Gasteiger partial charge >= 0.3 is 0 Å². The SMILES string of the molecule is CCN(CC)C(C)CNC(=NC)N1CCc2cc(OC)c(OC)cc2C1.I. The number of likely N-dealkylation sites (N-methyl/N-ethyl adjacent to an activating group) is 1. The summed E-state index contributed by atoms with van der Waals surface area (Å²) in [7, 11) is 5.22. The predicted octanol–water partition coefficient (Wildman–Crippen LogP) is 2.99. The topological polar surface area (TPSA) is 49.3 Å². The van der Waals surface area contributed by atoms with Gasteiger partial charge in [0, 0.05) is 32.7 Å². The molecule has 1 atom stereocenters. The largest absolute Gasteiger partial charge is 0.493 e. The zero-order chi connectivity index (χ0) is 19.1. The van der Waals surface area contributed by atoms with E-state index in [1.165, 1.54) is 11.1 Å². The molecule has 2 rings (SSSR count). The molecule has 1 unspecified atom stereocenters. The van der Waals surface area contributed by atoms with E-state index in [4.69, 9.17) is 9.47 Å². The molecule has 7 heteroatoms. The van der Waals surface area contributed by atoms with Crippen LogP contribution in [-0.4, -0.2) is 69.2 Å². The van der Waals surface area contributed by atoms with E-state index in [1.807, 2.05) is 7.05 Å². The van der Waals surface area contributed by atoms with Crippen molar-refractivity contribution in [3.63, 3.8) is 0 Å². The standard InChI is InChI=1S/C20H34N4O2.HI/c1-7-23(8-2)15(3)13-22-20(21-4)24-10-9-16-11-18(25-5)19(26-6)12-17(16)14-24;/h11-12,15H,7-10,13-14H2,1-6H3,(H,21,22);1H. The van der Waals surface area contributed by atoms with Gasteiger partial charge in [0.1, 0.15) is 0 Å². The number of nitrogens with one attached hydrogen (secondary N) is 1. The fourth-order valence-electron chi connectivity index (χ4n) is 3.61. The third-order valence-electron chi connectivity index (χ3n) is 5.22. The molecule has 6 nitrogen and oxygen atoms in total. The van der Waals surface area contributed by atoms with Gasteiger partial charge in [-0.05, 0) is 49.7 Å². The molecule has 0 saturated heterocycles. The van der Waals surface area contributed by atoms with Crippen molar-refractivity contribution < 1.29 is 9.47 Å². The van der Waals surface area contributed by atoms with Crippen LogP contribution in [0.15, 0.2) is 17.1 Å². The summed E-state index contributed by atoms with van der Waals surface area (Å²) in [4.78, 5) is 9.26. The molecule has 154 valence electrons. The predicted molar refractivity (Wildman–Crippen MR) is 123 cm³/mol. The maximum atomic E-state index is 5.46. The van der Waals surface area contributed by atoms with E-state index < -0.39 is 0 Å². The third-order valence-corrected chi connectivity index (χ3v) is 5.22. The minimum absolute atomic E-state index is 0. The Morgan fingerprint density at radius 1 is 1.19 bits per heavy atom. The molecule has 0 spiro atoms. The Balaban J connectivity index is 0.00000364. The van der Waals surface area contributed by atoms with E-state index in [1.54, 1.807) is 14.2 Å². The molecule has 1 heterocycles. The highest BCUT2D eigenvalue weighted by Crippen LogP contribution is 2.33. The lowest BCUT2D eigenvalue weighted by Crippen LogP contribution is -2.48. The minimum atomic E-state index is 0. The van der Waals surface area contributed by atoms with Crippen LogP contribution >= 0.6 is 24.0 Å². The fraction of sp³-hybridized carbons (Fsp3) is 0.650. The Labute approximate surface area is 181 Å². The van der Waals surface area contributed by atoms with Gasteiger partial charge in [0.05, 0.1) is 14.2 Å². The second-order valence-electron chi connectivity index (χ2n) is 6.65. The lowest BCUT2D eigenvalue weighted by molar-refractivity contribution is 0.229. The van der Waals surface area contributed by atoms with Crippen LogP contribution in [0.25, 0.3) is 0 Å². The molecule has 0 amide bonds. The highest BCUT2D eigenvalue weighted by molar-refractivity contribution is 14.0. The highest BCUT2D eigenvalue weighted by atomic mass is 127. The van der Waals surface area contributed by atoms with Crippen molar-refractivity contribution in [2.75, 3.05) is 47.4 Å². The summed E-state index contributed by atoms with van der Waals surface area (Å²) in [6.07, 6.45) is 0.974. The van der Waals surface area contributed by atoms with Crippen molar-refractivity contribution in [2.24, 2.45) is 4.99 Å². The molecule has 0 aliphatic carbocycles. The first-order valence-electron chi connectivity index (χ1n) is 9.51. The van der Waals surface area contributed by atoms with Gasteiger partial charge in [-0.3, -0.25) is 9.89 Å². The molecule has 1 aromatic carbocycles. The average molecular weight is 490 g/mol. The maximum Gasteiger partial charge on any atom is 0.194 e. The number of nitrogens with zero attached hydrogens (tertiary/aromatic N) is 3. The van der Waals surface area contributed by atoms with Gasteiger partial charge in [0.2, 0.25) is 0 Å². The molecule has 0 bridgehead atoms. The Kier molecular flexibility index (Phi) is 10.2. The summed E-state index contributed by atoms with van der Waals surface area (Å²) < 4.78 is 10.9. The fourth-order valence-corrected chi connectivity index (χ4v) is 3.61. The third kappa shape index (κ3) is 5.88. The second-order valence-corrected chi connectivity index (χ2v) is 6.65. The van der Waals surface area contributed by atoms with Gasteiger partial charge in [-0.15, -0.1) is 24.0 Å². The van der Waals surface area contributed by atoms with Crippen molar-refractivity contribution in [1.29, 1.82) is 0 Å². The molecule has 0 saturated carbocycles. The maximum absolute atomic E-state index is 5.46. The first-order valence-corrected chi connectivity index (χ1v) is 9.51. The van der Waals surface area contributed by atoms with E-state index in [2.05, 4.69) is 53.0 Å². The van der Waals surface area contributed by atoms with Crippen LogP contribution in [0, 0.1) is 0 Å². The minimum Gasteiger partial charge on any atom is -0.493 e. The molecular weight excluding hydrogens is 455 g/mol. The van der Waals surface area contributed by atoms with Crippen molar-refractivity contribution in [2.45, 2.75) is 39.8 Å². The highest BCUT2D eigenvalue weighted by Gasteiger charge is 2.22. The Morgan fingerprint density at radius 3 is 2.30 bits per heavy atom. The molecule has 27 heavy (non-hydrogen) atoms. The van der Waals surface area contributed by atoms with E-state index in [-0.39, 0.29) is 24.0 Å². The second kappa shape index (κ2) is 11.6. The van der Waals surface area contributed by atoms with E-state index >= 15 is 0 Å². The van der Waals surface area contributed by atoms with Gasteiger partial charge in [0.25, 0.3) is 0 Å². The van der Waals surface area contributed by atoms with Crippen molar-refractivity contribution in [3.8, 4) is 11.5 Å². The molecule has 0 fully saturated rings. The van der Waals surface area contributed by atoms with Crippen LogP contribution in [0.4, 0.5) is 0 Å². The van der Waals surface area contributed by atoms with Crippen molar-refractivity contribution in [1.82, 2.24) is 15.1 Å². The molecule has 1 N–H and O–H groups in total. The number of rotatable bonds is 7. The van der Waals surface area contributed by atoms with Gasteiger partial charge in [-0.1, -0.05) is 13.8 Å². The first-order chi connectivity index (χ1) is 12.6. The monoisotopic (exact) mass is 490 g/mol. The van der Waals surface area contributed by atoms with Crippen LogP contribution in [-0.2, 0) is 13.0 Å². The number of hydrogen-bond donors (Lipinski definition) is 1. The molecule has 0 aromatic heterocycles. The van der Waals surface area contributed by atoms with Gasteiger partial charge in [-0.25, -0.2) is 0 Å². The summed E-state index contributed by atoms with van der Waals surface area (Å²) >= 11 is 0. The number of guanidine groups is 1. The molecule has 0 radical (unpaired) electrons. The number of ether oxygens (including phenoxy) is 2. The quantitative estimate of drug-likeness (QED) is 0.362. The molecule has 1 aromatic rings. The number of methoxy groups -OCH3 is 2. The van der Waals surface area contributed by atoms with E-state index in [0.717, 1.165) is 56.6 Å².